The van der Waals surface area contributed by atoms with Crippen LogP contribution in [0.25, 0.3) is 5.69 Å². The van der Waals surface area contributed by atoms with Gasteiger partial charge >= 0.3 is 0 Å². The Morgan fingerprint density at radius 3 is 2.89 bits per heavy atom. The molecular weight excluding hydrogens is 246 g/mol. The summed E-state index contributed by atoms with van der Waals surface area (Å²) in [6, 6.07) is 7.36. The fourth-order valence-corrected chi connectivity index (χ4v) is 1.52. The minimum atomic E-state index is -0.214. The molecule has 0 saturated heterocycles. The first-order valence-corrected chi connectivity index (χ1v) is 5.82. The van der Waals surface area contributed by atoms with Crippen LogP contribution in [0.5, 0.6) is 0 Å². The standard InChI is InChI=1S/C12H15N5O2/c13-4-5-19-7-12(18)16-10-2-1-3-11(6-10)17-8-14-15-9-17/h1-3,6,8-9H,4-5,7,13H2,(H,16,18). The lowest BCUT2D eigenvalue weighted by molar-refractivity contribution is -0.120. The fraction of sp³-hybridized carbons (Fsp3) is 0.250. The van der Waals surface area contributed by atoms with Crippen LogP contribution in [-0.2, 0) is 9.53 Å². The molecule has 0 aliphatic rings. The lowest BCUT2D eigenvalue weighted by atomic mass is 10.2. The van der Waals surface area contributed by atoms with E-state index in [1.54, 1.807) is 23.3 Å². The molecule has 1 amide bonds. The van der Waals surface area contributed by atoms with Crippen LogP contribution in [0, 0.1) is 0 Å². The van der Waals surface area contributed by atoms with E-state index >= 15 is 0 Å². The van der Waals surface area contributed by atoms with Crippen molar-refractivity contribution in [2.45, 2.75) is 0 Å². The van der Waals surface area contributed by atoms with Gasteiger partial charge in [0.15, 0.2) is 0 Å². The van der Waals surface area contributed by atoms with Gasteiger partial charge in [0.1, 0.15) is 19.3 Å². The van der Waals surface area contributed by atoms with Crippen molar-refractivity contribution in [3.05, 3.63) is 36.9 Å². The van der Waals surface area contributed by atoms with Crippen molar-refractivity contribution in [2.75, 3.05) is 25.1 Å². The second-order valence-electron chi connectivity index (χ2n) is 3.81. The summed E-state index contributed by atoms with van der Waals surface area (Å²) in [5, 5.41) is 10.2. The molecule has 0 fully saturated rings. The van der Waals surface area contributed by atoms with Crippen molar-refractivity contribution in [2.24, 2.45) is 5.73 Å². The van der Waals surface area contributed by atoms with Gasteiger partial charge in [-0.2, -0.15) is 0 Å². The molecule has 7 heteroatoms. The van der Waals surface area contributed by atoms with Crippen LogP contribution in [0.2, 0.25) is 0 Å². The minimum absolute atomic E-state index is 0.00589. The molecule has 7 nitrogen and oxygen atoms in total. The third-order valence-electron chi connectivity index (χ3n) is 2.34. The number of aromatic nitrogens is 3. The largest absolute Gasteiger partial charge is 0.370 e. The van der Waals surface area contributed by atoms with Crippen LogP contribution in [-0.4, -0.2) is 40.4 Å². The highest BCUT2D eigenvalue weighted by atomic mass is 16.5. The molecule has 0 spiro atoms. The number of anilines is 1. The molecule has 0 radical (unpaired) electrons. The van der Waals surface area contributed by atoms with Crippen molar-refractivity contribution in [3.8, 4) is 5.69 Å². The third kappa shape index (κ3) is 3.87. The molecule has 0 unspecified atom stereocenters. The van der Waals surface area contributed by atoms with Gasteiger partial charge in [0.05, 0.1) is 12.3 Å². The summed E-state index contributed by atoms with van der Waals surface area (Å²) in [6.45, 7) is 0.763. The Hall–Kier alpha value is -2.25. The molecule has 3 N–H and O–H groups in total. The molecule has 1 aromatic carbocycles. The first kappa shape index (κ1) is 13.2. The Bertz CT molecular complexity index is 527. The second kappa shape index (κ2) is 6.62. The topological polar surface area (TPSA) is 95.1 Å². The van der Waals surface area contributed by atoms with Crippen molar-refractivity contribution in [1.29, 1.82) is 0 Å². The van der Waals surface area contributed by atoms with Crippen LogP contribution < -0.4 is 11.1 Å². The van der Waals surface area contributed by atoms with Gasteiger partial charge in [-0.1, -0.05) is 6.07 Å². The molecule has 0 bridgehead atoms. The number of ether oxygens (including phenoxy) is 1. The number of rotatable bonds is 6. The number of nitrogens with two attached hydrogens (primary N) is 1. The van der Waals surface area contributed by atoms with E-state index < -0.39 is 0 Å². The normalized spacial score (nSPS) is 10.4. The van der Waals surface area contributed by atoms with E-state index in [1.165, 1.54) is 0 Å². The fourth-order valence-electron chi connectivity index (χ4n) is 1.52. The first-order valence-electron chi connectivity index (χ1n) is 5.82. The number of nitrogens with one attached hydrogen (secondary N) is 1. The average Bonchev–Trinajstić information content (AvgIpc) is 2.93. The van der Waals surface area contributed by atoms with Gasteiger partial charge in [-0.05, 0) is 18.2 Å². The van der Waals surface area contributed by atoms with Crippen molar-refractivity contribution >= 4 is 11.6 Å². The molecule has 2 rings (SSSR count). The van der Waals surface area contributed by atoms with E-state index in [2.05, 4.69) is 15.5 Å². The van der Waals surface area contributed by atoms with Gasteiger partial charge in [0.2, 0.25) is 5.91 Å². The van der Waals surface area contributed by atoms with E-state index in [4.69, 9.17) is 10.5 Å². The van der Waals surface area contributed by atoms with Gasteiger partial charge in [-0.3, -0.25) is 9.36 Å². The highest BCUT2D eigenvalue weighted by Gasteiger charge is 2.03. The molecule has 1 heterocycles. The minimum Gasteiger partial charge on any atom is -0.370 e. The Kier molecular flexibility index (Phi) is 4.60. The number of carbonyl (C=O) groups excluding carboxylic acids is 1. The maximum absolute atomic E-state index is 11.6. The molecule has 0 aliphatic heterocycles. The van der Waals surface area contributed by atoms with Crippen molar-refractivity contribution < 1.29 is 9.53 Å². The third-order valence-corrected chi connectivity index (χ3v) is 2.34. The summed E-state index contributed by atoms with van der Waals surface area (Å²) in [7, 11) is 0. The number of amides is 1. The van der Waals surface area contributed by atoms with E-state index in [9.17, 15) is 4.79 Å². The summed E-state index contributed by atoms with van der Waals surface area (Å²) in [5.74, 6) is -0.214. The van der Waals surface area contributed by atoms with Gasteiger partial charge in [0.25, 0.3) is 0 Å². The van der Waals surface area contributed by atoms with E-state index in [1.807, 2.05) is 18.2 Å². The summed E-state index contributed by atoms with van der Waals surface area (Å²) < 4.78 is 6.81. The van der Waals surface area contributed by atoms with Crippen molar-refractivity contribution in [3.63, 3.8) is 0 Å². The summed E-state index contributed by atoms with van der Waals surface area (Å²) in [6.07, 6.45) is 3.18. The Labute approximate surface area is 110 Å². The Morgan fingerprint density at radius 1 is 1.37 bits per heavy atom. The van der Waals surface area contributed by atoms with Crippen molar-refractivity contribution in [1.82, 2.24) is 14.8 Å². The zero-order chi connectivity index (χ0) is 13.5. The van der Waals surface area contributed by atoms with Gasteiger partial charge in [-0.15, -0.1) is 10.2 Å². The number of hydrogen-bond acceptors (Lipinski definition) is 5. The maximum atomic E-state index is 11.6. The van der Waals surface area contributed by atoms with E-state index in [-0.39, 0.29) is 12.5 Å². The van der Waals surface area contributed by atoms with Crippen LogP contribution >= 0.6 is 0 Å². The van der Waals surface area contributed by atoms with Gasteiger partial charge < -0.3 is 15.8 Å². The molecular formula is C12H15N5O2. The van der Waals surface area contributed by atoms with E-state index in [0.717, 1.165) is 5.69 Å². The average molecular weight is 261 g/mol. The predicted molar refractivity (Wildman–Crippen MR) is 69.9 cm³/mol. The van der Waals surface area contributed by atoms with E-state index in [0.29, 0.717) is 18.8 Å². The second-order valence-corrected chi connectivity index (χ2v) is 3.81. The summed E-state index contributed by atoms with van der Waals surface area (Å²) in [5.41, 5.74) is 6.82. The SMILES string of the molecule is NCCOCC(=O)Nc1cccc(-n2cnnc2)c1. The van der Waals surface area contributed by atoms with Crippen LogP contribution in [0.3, 0.4) is 0 Å². The number of benzene rings is 1. The van der Waals surface area contributed by atoms with Crippen LogP contribution in [0.1, 0.15) is 0 Å². The predicted octanol–water partition coefficient (Wildman–Crippen LogP) is 0.181. The first-order chi connectivity index (χ1) is 9.29. The summed E-state index contributed by atoms with van der Waals surface area (Å²) in [4.78, 5) is 11.6. The Balaban J connectivity index is 1.97. The summed E-state index contributed by atoms with van der Waals surface area (Å²) >= 11 is 0. The van der Waals surface area contributed by atoms with Crippen LogP contribution in [0.15, 0.2) is 36.9 Å². The smallest absolute Gasteiger partial charge is 0.250 e. The van der Waals surface area contributed by atoms with Crippen LogP contribution in [0.4, 0.5) is 5.69 Å². The highest BCUT2D eigenvalue weighted by Crippen LogP contribution is 2.13. The molecule has 0 atom stereocenters. The molecule has 0 saturated carbocycles. The lowest BCUT2D eigenvalue weighted by Crippen LogP contribution is -2.20. The quantitative estimate of drug-likeness (QED) is 0.723. The monoisotopic (exact) mass is 261 g/mol. The number of carbonyl (C=O) groups is 1. The van der Waals surface area contributed by atoms with Gasteiger partial charge in [-0.25, -0.2) is 0 Å². The number of nitrogens with zero attached hydrogens (tertiary/aromatic N) is 3. The lowest BCUT2D eigenvalue weighted by Gasteiger charge is -2.07. The Morgan fingerprint density at radius 2 is 2.16 bits per heavy atom. The molecule has 100 valence electrons. The zero-order valence-corrected chi connectivity index (χ0v) is 10.3. The maximum Gasteiger partial charge on any atom is 0.250 e. The molecule has 1 aromatic heterocycles. The van der Waals surface area contributed by atoms with Gasteiger partial charge in [0, 0.05) is 12.2 Å². The molecule has 2 aromatic rings. The zero-order valence-electron chi connectivity index (χ0n) is 10.3. The molecule has 0 aliphatic carbocycles. The molecule has 19 heavy (non-hydrogen) atoms. The number of hydrogen-bond donors (Lipinski definition) is 2. The highest BCUT2D eigenvalue weighted by molar-refractivity contribution is 5.91.